The van der Waals surface area contributed by atoms with Gasteiger partial charge in [-0.25, -0.2) is 9.18 Å². The van der Waals surface area contributed by atoms with Gasteiger partial charge in [-0.1, -0.05) is 63.3 Å². The molecule has 1 fully saturated rings. The smallest absolute Gasteiger partial charge is 0.412 e. The molecule has 1 aromatic carbocycles. The molecule has 1 aromatic heterocycles. The molecule has 1 atom stereocenters. The molecule has 39 heavy (non-hydrogen) atoms. The SMILES string of the molecule is CCCCC/C=C\C/C=C\CCCCCCCC(=O)OCOC(=O)N1CCC(c2c[nH]c3ccc(F)cc23)C1. The first-order chi connectivity index (χ1) is 19.1. The molecule has 1 aliphatic rings. The van der Waals surface area contributed by atoms with Crippen molar-refractivity contribution < 1.29 is 23.5 Å². The second kappa shape index (κ2) is 17.5. The van der Waals surface area contributed by atoms with E-state index in [2.05, 4.69) is 36.2 Å². The number of rotatable bonds is 17. The summed E-state index contributed by atoms with van der Waals surface area (Å²) in [6.07, 6.45) is 24.0. The summed E-state index contributed by atoms with van der Waals surface area (Å²) in [5, 5.41) is 0.845. The van der Waals surface area contributed by atoms with E-state index in [4.69, 9.17) is 9.47 Å². The van der Waals surface area contributed by atoms with E-state index >= 15 is 0 Å². The Morgan fingerprint density at radius 1 is 1.00 bits per heavy atom. The van der Waals surface area contributed by atoms with E-state index in [-0.39, 0.29) is 24.5 Å². The van der Waals surface area contributed by atoms with Crippen LogP contribution in [0.1, 0.15) is 102 Å². The summed E-state index contributed by atoms with van der Waals surface area (Å²) in [7, 11) is 0. The van der Waals surface area contributed by atoms with E-state index in [1.165, 1.54) is 44.2 Å². The van der Waals surface area contributed by atoms with Crippen LogP contribution in [0.4, 0.5) is 9.18 Å². The molecule has 1 N–H and O–H groups in total. The fourth-order valence-corrected chi connectivity index (χ4v) is 5.02. The molecule has 6 nitrogen and oxygen atoms in total. The number of hydrogen-bond acceptors (Lipinski definition) is 4. The number of amides is 1. The summed E-state index contributed by atoms with van der Waals surface area (Å²) in [4.78, 5) is 29.1. The van der Waals surface area contributed by atoms with Crippen LogP contribution in [-0.2, 0) is 14.3 Å². The zero-order valence-corrected chi connectivity index (χ0v) is 23.5. The van der Waals surface area contributed by atoms with Gasteiger partial charge in [-0.05, 0) is 68.7 Å². The molecule has 7 heteroatoms. The van der Waals surface area contributed by atoms with Crippen LogP contribution in [0.3, 0.4) is 0 Å². The van der Waals surface area contributed by atoms with Crippen molar-refractivity contribution in [2.45, 2.75) is 96.3 Å². The Morgan fingerprint density at radius 2 is 1.74 bits per heavy atom. The van der Waals surface area contributed by atoms with Crippen molar-refractivity contribution in [1.82, 2.24) is 9.88 Å². The highest BCUT2D eigenvalue weighted by Crippen LogP contribution is 2.33. The molecule has 3 rings (SSSR count). The van der Waals surface area contributed by atoms with Crippen molar-refractivity contribution in [1.29, 1.82) is 0 Å². The number of nitrogens with zero attached hydrogens (tertiary/aromatic N) is 1. The number of carbonyl (C=O) groups excluding carboxylic acids is 2. The van der Waals surface area contributed by atoms with Crippen molar-refractivity contribution in [3.05, 3.63) is 60.1 Å². The number of esters is 1. The molecule has 1 amide bonds. The molecule has 0 saturated carbocycles. The summed E-state index contributed by atoms with van der Waals surface area (Å²) in [5.74, 6) is -0.512. The Bertz CT molecular complexity index is 1080. The average Bonchev–Trinajstić information content (AvgIpc) is 3.58. The van der Waals surface area contributed by atoms with E-state index in [0.29, 0.717) is 19.5 Å². The number of aromatic nitrogens is 1. The van der Waals surface area contributed by atoms with Crippen LogP contribution < -0.4 is 0 Å². The Labute approximate surface area is 232 Å². The number of carbonyl (C=O) groups is 2. The minimum Gasteiger partial charge on any atom is -0.428 e. The minimum atomic E-state index is -0.492. The predicted molar refractivity (Wildman–Crippen MR) is 154 cm³/mol. The predicted octanol–water partition coefficient (Wildman–Crippen LogP) is 8.55. The van der Waals surface area contributed by atoms with Crippen molar-refractivity contribution in [2.75, 3.05) is 19.9 Å². The largest absolute Gasteiger partial charge is 0.428 e. The fraction of sp³-hybridized carbons (Fsp3) is 0.562. The van der Waals surface area contributed by atoms with E-state index < -0.39 is 6.09 Å². The van der Waals surface area contributed by atoms with Gasteiger partial charge in [-0.2, -0.15) is 0 Å². The maximum absolute atomic E-state index is 13.7. The van der Waals surface area contributed by atoms with Gasteiger partial charge < -0.3 is 19.4 Å². The van der Waals surface area contributed by atoms with Crippen LogP contribution in [0.2, 0.25) is 0 Å². The first-order valence-electron chi connectivity index (χ1n) is 14.7. The molecule has 0 bridgehead atoms. The second-order valence-corrected chi connectivity index (χ2v) is 10.4. The number of halogens is 1. The number of allylic oxidation sites excluding steroid dienone is 4. The minimum absolute atomic E-state index is 0.105. The Morgan fingerprint density at radius 3 is 2.54 bits per heavy atom. The lowest BCUT2D eigenvalue weighted by Crippen LogP contribution is -2.30. The van der Waals surface area contributed by atoms with Crippen LogP contribution in [0.5, 0.6) is 0 Å². The lowest BCUT2D eigenvalue weighted by atomic mass is 9.98. The van der Waals surface area contributed by atoms with Gasteiger partial charge in [0.05, 0.1) is 0 Å². The highest BCUT2D eigenvalue weighted by Gasteiger charge is 2.30. The first kappa shape index (κ1) is 30.5. The number of benzene rings is 1. The van der Waals surface area contributed by atoms with Gasteiger partial charge in [-0.3, -0.25) is 4.79 Å². The van der Waals surface area contributed by atoms with Gasteiger partial charge in [0.2, 0.25) is 6.79 Å². The number of aromatic amines is 1. The molecule has 1 unspecified atom stereocenters. The summed E-state index contributed by atoms with van der Waals surface area (Å²) < 4.78 is 23.9. The zero-order valence-electron chi connectivity index (χ0n) is 23.5. The third-order valence-corrected chi connectivity index (χ3v) is 7.30. The Kier molecular flexibility index (Phi) is 13.7. The van der Waals surface area contributed by atoms with Crippen LogP contribution in [0.25, 0.3) is 10.9 Å². The number of likely N-dealkylation sites (tertiary alicyclic amines) is 1. The molecule has 2 heterocycles. The highest BCUT2D eigenvalue weighted by molar-refractivity contribution is 5.84. The monoisotopic (exact) mass is 540 g/mol. The van der Waals surface area contributed by atoms with Gasteiger partial charge in [0.15, 0.2) is 0 Å². The standard InChI is InChI=1S/C32H45FN2O4/c1-2-3-4-5-6-7-8-9-10-11-12-13-14-15-16-17-31(36)38-25-39-32(37)35-21-20-26(24-35)29-23-34-30-19-18-27(33)22-28(29)30/h6-7,9-10,18-19,22-23,26,34H,2-5,8,11-17,20-21,24-25H2,1H3/b7-6-,10-9-. The van der Waals surface area contributed by atoms with Crippen LogP contribution in [-0.4, -0.2) is 41.8 Å². The summed E-state index contributed by atoms with van der Waals surface area (Å²) in [6.45, 7) is 2.90. The van der Waals surface area contributed by atoms with Gasteiger partial charge in [0, 0.05) is 42.5 Å². The third kappa shape index (κ3) is 10.9. The van der Waals surface area contributed by atoms with E-state index in [0.717, 1.165) is 61.4 Å². The van der Waals surface area contributed by atoms with Crippen molar-refractivity contribution in [2.24, 2.45) is 0 Å². The Hall–Kier alpha value is -3.09. The number of H-pyrrole nitrogens is 1. The second-order valence-electron chi connectivity index (χ2n) is 10.4. The number of nitrogens with one attached hydrogen (secondary N) is 1. The number of hydrogen-bond donors (Lipinski definition) is 1. The number of unbranched alkanes of at least 4 members (excludes halogenated alkanes) is 8. The van der Waals surface area contributed by atoms with Crippen LogP contribution >= 0.6 is 0 Å². The van der Waals surface area contributed by atoms with Crippen LogP contribution in [0, 0.1) is 5.82 Å². The lowest BCUT2D eigenvalue weighted by Gasteiger charge is -2.16. The quantitative estimate of drug-likeness (QED) is 0.0944. The first-order valence-corrected chi connectivity index (χ1v) is 14.7. The molecule has 0 aliphatic carbocycles. The molecule has 1 aliphatic heterocycles. The Balaban J connectivity index is 1.17. The van der Waals surface area contributed by atoms with Crippen LogP contribution in [0.15, 0.2) is 48.7 Å². The molecule has 214 valence electrons. The van der Waals surface area contributed by atoms with E-state index in [1.807, 2.05) is 6.20 Å². The third-order valence-electron chi connectivity index (χ3n) is 7.30. The van der Waals surface area contributed by atoms with E-state index in [1.54, 1.807) is 11.0 Å². The maximum atomic E-state index is 13.7. The van der Waals surface area contributed by atoms with Gasteiger partial charge in [0.1, 0.15) is 5.82 Å². The number of fused-ring (bicyclic) bond motifs is 1. The molecular weight excluding hydrogens is 495 g/mol. The van der Waals surface area contributed by atoms with Crippen molar-refractivity contribution >= 4 is 23.0 Å². The van der Waals surface area contributed by atoms with Crippen molar-refractivity contribution in [3.8, 4) is 0 Å². The van der Waals surface area contributed by atoms with E-state index in [9.17, 15) is 14.0 Å². The molecule has 1 saturated heterocycles. The molecule has 2 aromatic rings. The summed E-state index contributed by atoms with van der Waals surface area (Å²) in [5.41, 5.74) is 1.88. The molecule has 0 spiro atoms. The summed E-state index contributed by atoms with van der Waals surface area (Å²) >= 11 is 0. The highest BCUT2D eigenvalue weighted by atomic mass is 19.1. The molecular formula is C32H45FN2O4. The fourth-order valence-electron chi connectivity index (χ4n) is 5.02. The average molecular weight is 541 g/mol. The van der Waals surface area contributed by atoms with Crippen molar-refractivity contribution in [3.63, 3.8) is 0 Å². The zero-order chi connectivity index (χ0) is 27.7. The number of ether oxygens (including phenoxy) is 2. The normalized spacial score (nSPS) is 15.6. The summed E-state index contributed by atoms with van der Waals surface area (Å²) in [6, 6.07) is 4.67. The topological polar surface area (TPSA) is 71.6 Å². The lowest BCUT2D eigenvalue weighted by molar-refractivity contribution is -0.152. The van der Waals surface area contributed by atoms with Gasteiger partial charge in [-0.15, -0.1) is 0 Å². The molecule has 0 radical (unpaired) electrons. The van der Waals surface area contributed by atoms with Gasteiger partial charge in [0.25, 0.3) is 0 Å². The maximum Gasteiger partial charge on any atom is 0.412 e. The van der Waals surface area contributed by atoms with Gasteiger partial charge >= 0.3 is 12.1 Å².